The monoisotopic (exact) mass is 152 g/mol. The van der Waals surface area contributed by atoms with Gasteiger partial charge >= 0.3 is 0 Å². The minimum absolute atomic E-state index is 0.0681. The van der Waals surface area contributed by atoms with Crippen LogP contribution in [0.25, 0.3) is 0 Å². The van der Waals surface area contributed by atoms with E-state index >= 15 is 0 Å². The van der Waals surface area contributed by atoms with Gasteiger partial charge in [-0.15, -0.1) is 0 Å². The second kappa shape index (κ2) is 3.75. The smallest absolute Gasteiger partial charge is 0.220 e. The summed E-state index contributed by atoms with van der Waals surface area (Å²) in [6.45, 7) is 3.89. The van der Waals surface area contributed by atoms with Crippen LogP contribution in [0.1, 0.15) is 12.2 Å². The maximum Gasteiger partial charge on any atom is 0.220 e. The Kier molecular flexibility index (Phi) is 2.66. The van der Waals surface area contributed by atoms with Gasteiger partial charge in [-0.2, -0.15) is 0 Å². The fraction of sp³-hybridized carbons (Fsp3) is 0.286. The summed E-state index contributed by atoms with van der Waals surface area (Å²) in [7, 11) is 0. The van der Waals surface area contributed by atoms with Crippen molar-refractivity contribution in [2.75, 3.05) is 0 Å². The second-order valence-electron chi connectivity index (χ2n) is 2.06. The molecule has 4 nitrogen and oxygen atoms in total. The molecule has 0 saturated heterocycles. The molecule has 0 aromatic carbocycles. The zero-order valence-corrected chi connectivity index (χ0v) is 6.13. The average molecular weight is 152 g/mol. The first kappa shape index (κ1) is 7.78. The molecule has 0 saturated carbocycles. The maximum atomic E-state index is 10.7. The van der Waals surface area contributed by atoms with E-state index in [1.54, 1.807) is 12.4 Å². The Morgan fingerprint density at radius 1 is 1.82 bits per heavy atom. The van der Waals surface area contributed by atoms with E-state index in [4.69, 9.17) is 0 Å². The number of H-pyrrole nitrogens is 1. The Labute approximate surface area is 65.0 Å². The van der Waals surface area contributed by atoms with Gasteiger partial charge in [0.25, 0.3) is 0 Å². The van der Waals surface area contributed by atoms with Gasteiger partial charge in [0.2, 0.25) is 5.91 Å². The van der Waals surface area contributed by atoms with Crippen LogP contribution >= 0.6 is 0 Å². The fourth-order valence-corrected chi connectivity index (χ4v) is 0.665. The molecule has 0 unspecified atom stereocenters. The van der Waals surface area contributed by atoms with Crippen molar-refractivity contribution >= 4 is 5.91 Å². The van der Waals surface area contributed by atoms with Crippen LogP contribution in [0.15, 0.2) is 12.4 Å². The number of aromatic amines is 1. The van der Waals surface area contributed by atoms with E-state index < -0.39 is 0 Å². The first-order valence-electron chi connectivity index (χ1n) is 3.37. The molecular weight excluding hydrogens is 142 g/mol. The Balaban J connectivity index is 2.29. The van der Waals surface area contributed by atoms with Crippen LogP contribution in [-0.2, 0) is 11.3 Å². The summed E-state index contributed by atoms with van der Waals surface area (Å²) in [6.07, 6.45) is 3.62. The lowest BCUT2D eigenvalue weighted by Crippen LogP contribution is -2.22. The number of nitrogens with one attached hydrogen (secondary N) is 2. The zero-order valence-electron chi connectivity index (χ0n) is 6.13. The second-order valence-corrected chi connectivity index (χ2v) is 2.06. The van der Waals surface area contributed by atoms with E-state index in [2.05, 4.69) is 22.2 Å². The topological polar surface area (TPSA) is 57.8 Å². The summed E-state index contributed by atoms with van der Waals surface area (Å²) in [5.41, 5.74) is 0. The highest BCUT2D eigenvalue weighted by atomic mass is 16.1. The normalized spacial score (nSPS) is 9.55. The average Bonchev–Trinajstić information content (AvgIpc) is 2.52. The number of rotatable bonds is 3. The van der Waals surface area contributed by atoms with Gasteiger partial charge in [0, 0.05) is 18.8 Å². The number of carbonyl (C=O) groups is 1. The van der Waals surface area contributed by atoms with Crippen LogP contribution in [-0.4, -0.2) is 15.9 Å². The van der Waals surface area contributed by atoms with Gasteiger partial charge in [0.15, 0.2) is 0 Å². The summed E-state index contributed by atoms with van der Waals surface area (Å²) in [4.78, 5) is 17.5. The fourth-order valence-electron chi connectivity index (χ4n) is 0.665. The molecule has 11 heavy (non-hydrogen) atoms. The zero-order chi connectivity index (χ0) is 8.10. The quantitative estimate of drug-likeness (QED) is 0.652. The lowest BCUT2D eigenvalue weighted by Gasteiger charge is -1.98. The summed E-state index contributed by atoms with van der Waals surface area (Å²) in [6, 6.07) is 0. The lowest BCUT2D eigenvalue weighted by atomic mass is 10.4. The van der Waals surface area contributed by atoms with Crippen molar-refractivity contribution in [2.24, 2.45) is 0 Å². The highest BCUT2D eigenvalue weighted by Crippen LogP contribution is 1.86. The molecule has 1 radical (unpaired) electrons. The van der Waals surface area contributed by atoms with Gasteiger partial charge in [0.05, 0.1) is 6.54 Å². The summed E-state index contributed by atoms with van der Waals surface area (Å²) in [5, 5.41) is 2.64. The highest BCUT2D eigenvalue weighted by Gasteiger charge is 1.97. The number of amides is 1. The molecule has 2 N–H and O–H groups in total. The van der Waals surface area contributed by atoms with Crippen molar-refractivity contribution in [1.82, 2.24) is 15.3 Å². The van der Waals surface area contributed by atoms with Crippen molar-refractivity contribution in [2.45, 2.75) is 13.0 Å². The number of carbonyl (C=O) groups excluding carboxylic acids is 1. The molecular formula is C7H10N3O. The van der Waals surface area contributed by atoms with Crippen LogP contribution in [0, 0.1) is 6.92 Å². The van der Waals surface area contributed by atoms with Crippen LogP contribution < -0.4 is 5.32 Å². The molecule has 0 fully saturated rings. The van der Waals surface area contributed by atoms with Gasteiger partial charge in [-0.1, -0.05) is 0 Å². The predicted octanol–water partition coefficient (Wildman–Crippen LogP) is 0.250. The third kappa shape index (κ3) is 2.41. The lowest BCUT2D eigenvalue weighted by molar-refractivity contribution is -0.120. The van der Waals surface area contributed by atoms with Crippen LogP contribution in [0.2, 0.25) is 0 Å². The molecule has 0 aliphatic heterocycles. The number of nitrogens with zero attached hydrogens (tertiary/aromatic N) is 1. The molecule has 1 amide bonds. The molecule has 4 heteroatoms. The van der Waals surface area contributed by atoms with E-state index in [-0.39, 0.29) is 12.3 Å². The minimum atomic E-state index is -0.0681. The van der Waals surface area contributed by atoms with Crippen molar-refractivity contribution in [3.05, 3.63) is 25.1 Å². The van der Waals surface area contributed by atoms with E-state index in [1.807, 2.05) is 0 Å². The largest absolute Gasteiger partial charge is 0.349 e. The highest BCUT2D eigenvalue weighted by molar-refractivity contribution is 5.76. The van der Waals surface area contributed by atoms with E-state index in [1.165, 1.54) is 0 Å². The molecule has 0 aliphatic rings. The van der Waals surface area contributed by atoms with Gasteiger partial charge in [-0.3, -0.25) is 4.79 Å². The maximum absolute atomic E-state index is 10.7. The number of hydrogen-bond acceptors (Lipinski definition) is 2. The van der Waals surface area contributed by atoms with Gasteiger partial charge in [0.1, 0.15) is 5.82 Å². The third-order valence-corrected chi connectivity index (χ3v) is 1.23. The molecule has 0 spiro atoms. The molecule has 0 atom stereocenters. The molecule has 59 valence electrons. The van der Waals surface area contributed by atoms with Gasteiger partial charge in [-0.05, 0) is 6.92 Å². The summed E-state index contributed by atoms with van der Waals surface area (Å²) < 4.78 is 0. The van der Waals surface area contributed by atoms with Gasteiger partial charge in [-0.25, -0.2) is 4.98 Å². The molecule has 0 bridgehead atoms. The van der Waals surface area contributed by atoms with E-state index in [9.17, 15) is 4.79 Å². The molecule has 1 rings (SSSR count). The Morgan fingerprint density at radius 2 is 2.64 bits per heavy atom. The van der Waals surface area contributed by atoms with Crippen LogP contribution in [0.3, 0.4) is 0 Å². The molecule has 1 heterocycles. The van der Waals surface area contributed by atoms with Crippen LogP contribution in [0.4, 0.5) is 0 Å². The standard InChI is InChI=1S/C7H10N3O/c1-2-7(11)10-5-6-8-3-4-9-6/h3-4H,1-2,5H2,(H,8,9)(H,10,11). The SMILES string of the molecule is [CH2]CC(=O)NCc1ncc[nH]1. The minimum Gasteiger partial charge on any atom is -0.349 e. The number of hydrogen-bond donors (Lipinski definition) is 2. The Bertz CT molecular complexity index is 218. The summed E-state index contributed by atoms with van der Waals surface area (Å²) >= 11 is 0. The summed E-state index contributed by atoms with van der Waals surface area (Å²) in [5.74, 6) is 0.688. The first-order valence-corrected chi connectivity index (χ1v) is 3.37. The van der Waals surface area contributed by atoms with Crippen molar-refractivity contribution < 1.29 is 4.79 Å². The molecule has 1 aromatic heterocycles. The first-order chi connectivity index (χ1) is 5.33. The number of aromatic nitrogens is 2. The molecule has 1 aromatic rings. The van der Waals surface area contributed by atoms with E-state index in [0.717, 1.165) is 5.82 Å². The number of imidazole rings is 1. The van der Waals surface area contributed by atoms with Crippen molar-refractivity contribution in [3.63, 3.8) is 0 Å². The van der Waals surface area contributed by atoms with Gasteiger partial charge < -0.3 is 10.3 Å². The predicted molar refractivity (Wildman–Crippen MR) is 40.4 cm³/mol. The van der Waals surface area contributed by atoms with E-state index in [0.29, 0.717) is 6.54 Å². The van der Waals surface area contributed by atoms with Crippen molar-refractivity contribution in [3.8, 4) is 0 Å². The Morgan fingerprint density at radius 3 is 3.18 bits per heavy atom. The molecule has 0 aliphatic carbocycles. The third-order valence-electron chi connectivity index (χ3n) is 1.23. The Hall–Kier alpha value is -1.32. The van der Waals surface area contributed by atoms with Crippen molar-refractivity contribution in [1.29, 1.82) is 0 Å². The van der Waals surface area contributed by atoms with Crippen LogP contribution in [0.5, 0.6) is 0 Å².